The van der Waals surface area contributed by atoms with Crippen LogP contribution in [0.15, 0.2) is 24.3 Å². The smallest absolute Gasteiger partial charge is 0.341 e. The van der Waals surface area contributed by atoms with Crippen LogP contribution in [-0.4, -0.2) is 24.5 Å². The molecule has 0 radical (unpaired) electrons. The molecule has 0 atom stereocenters. The third-order valence-electron chi connectivity index (χ3n) is 4.93. The van der Waals surface area contributed by atoms with E-state index >= 15 is 0 Å². The van der Waals surface area contributed by atoms with Crippen molar-refractivity contribution in [2.45, 2.75) is 58.5 Å². The van der Waals surface area contributed by atoms with Crippen LogP contribution >= 0.6 is 11.3 Å². The number of hydrogen-bond acceptors (Lipinski definition) is 5. The number of ether oxygens (including phenoxy) is 1. The average Bonchev–Trinajstić information content (AvgIpc) is 2.90. The summed E-state index contributed by atoms with van der Waals surface area (Å²) in [6.45, 7) is 10.4. The van der Waals surface area contributed by atoms with Gasteiger partial charge in [0.05, 0.1) is 19.1 Å². The Balaban J connectivity index is 1.96. The van der Waals surface area contributed by atoms with Crippen LogP contribution in [0.3, 0.4) is 0 Å². The number of carbonyl (C=O) groups excluding carboxylic acids is 2. The first-order valence-corrected chi connectivity index (χ1v) is 10.2. The van der Waals surface area contributed by atoms with Crippen LogP contribution in [-0.2, 0) is 27.9 Å². The molecule has 0 aliphatic carbocycles. The number of thiophene rings is 1. The van der Waals surface area contributed by atoms with E-state index in [1.165, 1.54) is 18.4 Å². The maximum atomic E-state index is 12.7. The summed E-state index contributed by atoms with van der Waals surface area (Å²) >= 11 is 1.46. The average molecular weight is 401 g/mol. The van der Waals surface area contributed by atoms with Gasteiger partial charge in [0, 0.05) is 16.0 Å². The summed E-state index contributed by atoms with van der Waals surface area (Å²) in [5.74, 6) is -0.545. The van der Waals surface area contributed by atoms with Crippen molar-refractivity contribution in [1.82, 2.24) is 5.32 Å². The van der Waals surface area contributed by atoms with Crippen molar-refractivity contribution >= 4 is 28.2 Å². The van der Waals surface area contributed by atoms with Gasteiger partial charge >= 0.3 is 5.97 Å². The number of aryl methyl sites for hydroxylation is 1. The van der Waals surface area contributed by atoms with E-state index in [4.69, 9.17) is 4.74 Å². The first-order chi connectivity index (χ1) is 13.0. The third-order valence-corrected chi connectivity index (χ3v) is 6.41. The predicted octanol–water partition coefficient (Wildman–Crippen LogP) is 4.18. The van der Waals surface area contributed by atoms with E-state index in [1.807, 2.05) is 31.2 Å². The van der Waals surface area contributed by atoms with Crippen molar-refractivity contribution in [2.24, 2.45) is 0 Å². The minimum absolute atomic E-state index is 0.139. The van der Waals surface area contributed by atoms with Crippen LogP contribution in [0.2, 0.25) is 0 Å². The zero-order chi connectivity index (χ0) is 20.7. The number of anilines is 1. The van der Waals surface area contributed by atoms with Crippen LogP contribution in [0.4, 0.5) is 5.00 Å². The molecule has 6 heteroatoms. The highest BCUT2D eigenvalue weighted by Crippen LogP contribution is 2.45. The van der Waals surface area contributed by atoms with Gasteiger partial charge in [0.1, 0.15) is 5.00 Å². The van der Waals surface area contributed by atoms with Gasteiger partial charge in [-0.05, 0) is 52.2 Å². The highest BCUT2D eigenvalue weighted by molar-refractivity contribution is 7.17. The van der Waals surface area contributed by atoms with Gasteiger partial charge in [-0.15, -0.1) is 11.3 Å². The Labute approximate surface area is 170 Å². The van der Waals surface area contributed by atoms with Gasteiger partial charge in [-0.1, -0.05) is 29.8 Å². The van der Waals surface area contributed by atoms with E-state index in [1.54, 1.807) is 0 Å². The summed E-state index contributed by atoms with van der Waals surface area (Å²) in [5.41, 5.74) is 3.05. The minimum atomic E-state index is -0.406. The van der Waals surface area contributed by atoms with Crippen molar-refractivity contribution in [3.8, 4) is 0 Å². The topological polar surface area (TPSA) is 67.4 Å². The van der Waals surface area contributed by atoms with E-state index in [0.29, 0.717) is 17.0 Å². The maximum Gasteiger partial charge on any atom is 0.341 e. The van der Waals surface area contributed by atoms with Crippen molar-refractivity contribution in [2.75, 3.05) is 12.4 Å². The number of hydrogen-bond donors (Lipinski definition) is 2. The highest BCUT2D eigenvalue weighted by Gasteiger charge is 2.42. The van der Waals surface area contributed by atoms with Gasteiger partial charge in [-0.25, -0.2) is 4.79 Å². The maximum absolute atomic E-state index is 12.7. The molecule has 5 nitrogen and oxygen atoms in total. The van der Waals surface area contributed by atoms with Gasteiger partial charge in [0.2, 0.25) is 5.91 Å². The molecule has 0 fully saturated rings. The summed E-state index contributed by atoms with van der Waals surface area (Å²) < 4.78 is 5.05. The SMILES string of the molecule is COC(=O)c1c(NC(=O)Cc2cccc(C)c2)sc2c1CC(C)(C)NC2(C)C. The molecule has 1 amide bonds. The Hall–Kier alpha value is -2.18. The molecule has 0 bridgehead atoms. The zero-order valence-corrected chi connectivity index (χ0v) is 18.2. The summed E-state index contributed by atoms with van der Waals surface area (Å²) in [5, 5.41) is 7.17. The number of rotatable bonds is 4. The van der Waals surface area contributed by atoms with Gasteiger partial charge in [-0.2, -0.15) is 0 Å². The molecule has 1 aliphatic heterocycles. The van der Waals surface area contributed by atoms with E-state index in [-0.39, 0.29) is 23.4 Å². The van der Waals surface area contributed by atoms with Crippen LogP contribution in [0.1, 0.15) is 59.6 Å². The van der Waals surface area contributed by atoms with E-state index in [2.05, 4.69) is 38.3 Å². The third kappa shape index (κ3) is 4.13. The lowest BCUT2D eigenvalue weighted by atomic mass is 9.81. The number of fused-ring (bicyclic) bond motifs is 1. The van der Waals surface area contributed by atoms with Crippen molar-refractivity contribution < 1.29 is 14.3 Å². The standard InChI is InChI=1S/C22H28N2O3S/c1-13-8-7-9-14(10-13)11-16(25)23-19-17(20(26)27-6)15-12-21(2,3)24-22(4,5)18(15)28-19/h7-10,24H,11-12H2,1-6H3,(H,23,25). The summed E-state index contributed by atoms with van der Waals surface area (Å²) in [6, 6.07) is 7.87. The molecular weight excluding hydrogens is 372 g/mol. The normalized spacial score (nSPS) is 16.9. The lowest BCUT2D eigenvalue weighted by molar-refractivity contribution is -0.115. The summed E-state index contributed by atoms with van der Waals surface area (Å²) in [6.07, 6.45) is 0.957. The van der Waals surface area contributed by atoms with Crippen LogP contribution in [0.25, 0.3) is 0 Å². The van der Waals surface area contributed by atoms with Crippen molar-refractivity contribution in [3.05, 3.63) is 51.4 Å². The largest absolute Gasteiger partial charge is 0.465 e. The van der Waals surface area contributed by atoms with E-state index in [0.717, 1.165) is 21.6 Å². The lowest BCUT2D eigenvalue weighted by Crippen LogP contribution is -2.55. The molecule has 3 rings (SSSR count). The number of nitrogens with one attached hydrogen (secondary N) is 2. The fraction of sp³-hybridized carbons (Fsp3) is 0.455. The predicted molar refractivity (Wildman–Crippen MR) is 113 cm³/mol. The second-order valence-electron chi connectivity index (χ2n) is 8.63. The van der Waals surface area contributed by atoms with Crippen LogP contribution in [0.5, 0.6) is 0 Å². The molecule has 150 valence electrons. The number of benzene rings is 1. The van der Waals surface area contributed by atoms with E-state index < -0.39 is 5.97 Å². The molecule has 0 saturated heterocycles. The number of amides is 1. The quantitative estimate of drug-likeness (QED) is 0.756. The molecular formula is C22H28N2O3S. The number of carbonyl (C=O) groups is 2. The molecule has 1 aromatic heterocycles. The first kappa shape index (κ1) is 20.6. The second kappa shape index (κ2) is 7.33. The fourth-order valence-electron chi connectivity index (χ4n) is 4.11. The van der Waals surface area contributed by atoms with Crippen LogP contribution in [0, 0.1) is 6.92 Å². The van der Waals surface area contributed by atoms with Gasteiger partial charge in [0.15, 0.2) is 0 Å². The van der Waals surface area contributed by atoms with Gasteiger partial charge in [0.25, 0.3) is 0 Å². The monoisotopic (exact) mass is 400 g/mol. The molecule has 1 aliphatic rings. The Morgan fingerprint density at radius 1 is 1.25 bits per heavy atom. The molecule has 2 aromatic rings. The van der Waals surface area contributed by atoms with E-state index in [9.17, 15) is 9.59 Å². The summed E-state index contributed by atoms with van der Waals surface area (Å²) in [4.78, 5) is 26.3. The first-order valence-electron chi connectivity index (χ1n) is 9.41. The lowest BCUT2D eigenvalue weighted by Gasteiger charge is -2.42. The van der Waals surface area contributed by atoms with Gasteiger partial charge < -0.3 is 15.4 Å². The Morgan fingerprint density at radius 3 is 2.61 bits per heavy atom. The van der Waals surface area contributed by atoms with Crippen molar-refractivity contribution in [3.63, 3.8) is 0 Å². The molecule has 0 spiro atoms. The van der Waals surface area contributed by atoms with Gasteiger partial charge in [-0.3, -0.25) is 4.79 Å². The molecule has 0 saturated carbocycles. The fourth-order valence-corrected chi connectivity index (χ4v) is 5.39. The number of esters is 1. The van der Waals surface area contributed by atoms with Crippen LogP contribution < -0.4 is 10.6 Å². The molecule has 28 heavy (non-hydrogen) atoms. The summed E-state index contributed by atoms with van der Waals surface area (Å²) in [7, 11) is 1.38. The molecule has 1 aromatic carbocycles. The Kier molecular flexibility index (Phi) is 5.38. The number of methoxy groups -OCH3 is 1. The minimum Gasteiger partial charge on any atom is -0.465 e. The molecule has 0 unspecified atom stereocenters. The second-order valence-corrected chi connectivity index (χ2v) is 9.65. The Bertz CT molecular complexity index is 928. The molecule has 2 N–H and O–H groups in total. The van der Waals surface area contributed by atoms with Crippen molar-refractivity contribution in [1.29, 1.82) is 0 Å². The zero-order valence-electron chi connectivity index (χ0n) is 17.4. The molecule has 2 heterocycles. The highest BCUT2D eigenvalue weighted by atomic mass is 32.1. The Morgan fingerprint density at radius 2 is 1.96 bits per heavy atom.